The van der Waals surface area contributed by atoms with E-state index in [4.69, 9.17) is 18.9 Å². The molecule has 0 aromatic heterocycles. The lowest BCUT2D eigenvalue weighted by atomic mass is 9.34. The number of aliphatic hydroxyl groups excluding tert-OH is 5. The zero-order chi connectivity index (χ0) is 36.9. The Kier molecular flexibility index (Phi) is 9.71. The number of fused-ring (bicyclic) bond motifs is 3. The molecule has 3 saturated carbocycles. The van der Waals surface area contributed by atoms with Crippen molar-refractivity contribution >= 4 is 11.9 Å². The van der Waals surface area contributed by atoms with Crippen LogP contribution >= 0.6 is 0 Å². The quantitative estimate of drug-likeness (QED) is 0.129. The Balaban J connectivity index is 1.42. The van der Waals surface area contributed by atoms with Crippen molar-refractivity contribution in [3.8, 4) is 0 Å². The minimum absolute atomic E-state index is 0.0419. The molecule has 5 fully saturated rings. The van der Waals surface area contributed by atoms with Gasteiger partial charge in [-0.3, -0.25) is 9.59 Å². The van der Waals surface area contributed by atoms with E-state index in [0.717, 1.165) is 24.8 Å². The minimum Gasteiger partial charge on any atom is -0.481 e. The maximum absolute atomic E-state index is 13.4. The zero-order valence-electron chi connectivity index (χ0n) is 30.9. The molecule has 12 nitrogen and oxygen atoms in total. The number of esters is 1. The lowest BCUT2D eigenvalue weighted by Gasteiger charge is -2.71. The van der Waals surface area contributed by atoms with Crippen LogP contribution in [0, 0.1) is 56.7 Å². The Hall–Kier alpha value is -1.64. The van der Waals surface area contributed by atoms with Crippen LogP contribution in [0.15, 0.2) is 11.6 Å². The molecule has 0 amide bonds. The molecule has 2 aliphatic heterocycles. The molecule has 3 unspecified atom stereocenters. The molecule has 2 bridgehead atoms. The van der Waals surface area contributed by atoms with E-state index < -0.39 is 101 Å². The number of allylic oxidation sites excluding steroid dienone is 1. The number of carboxylic acid groups (broad SMARTS) is 1. The first-order valence-electron chi connectivity index (χ1n) is 18.6. The van der Waals surface area contributed by atoms with Crippen molar-refractivity contribution in [2.45, 2.75) is 143 Å². The van der Waals surface area contributed by atoms with Crippen LogP contribution in [0.25, 0.3) is 0 Å². The van der Waals surface area contributed by atoms with Crippen molar-refractivity contribution < 1.29 is 59.2 Å². The highest BCUT2D eigenvalue weighted by molar-refractivity contribution is 5.73. The molecule has 4 aliphatic carbocycles. The van der Waals surface area contributed by atoms with Gasteiger partial charge < -0.3 is 49.6 Å². The van der Waals surface area contributed by atoms with E-state index in [1.807, 2.05) is 6.92 Å². The number of carboxylic acids is 1. The minimum atomic E-state index is -1.65. The maximum atomic E-state index is 13.4. The summed E-state index contributed by atoms with van der Waals surface area (Å²) in [5, 5.41) is 64.6. The van der Waals surface area contributed by atoms with Gasteiger partial charge in [-0.1, -0.05) is 60.1 Å². The van der Waals surface area contributed by atoms with Gasteiger partial charge in [-0.05, 0) is 72.0 Å². The van der Waals surface area contributed by atoms with Gasteiger partial charge in [0.25, 0.3) is 0 Å². The van der Waals surface area contributed by atoms with Gasteiger partial charge in [0.2, 0.25) is 0 Å². The van der Waals surface area contributed by atoms with Gasteiger partial charge in [-0.25, -0.2) is 0 Å². The normalized spacial score (nSPS) is 52.2. The standard InChI is InChI=1S/C38H60O12/c1-18(2)19(3)34(5)13-14-36(7)21-9-10-25-35(6)17-47-33(46)38(25,22(21)11-12-37(36,8)29(34)31(44)45)15-23(48-20(4)40)30(35)50-32-28(43)27(42)26(41)24(16-39)49-32/h11,18-19,21,23-30,32-33,39,41-43,46H,9-10,12-17H2,1-8H3,(H,44,45)/t19-,21+,23-,24-,25+,26-,27+,28-,29-,30+,32+,33?,34-,35?,36-,37+,38?/m1/s1. The molecular formula is C38H60O12. The fourth-order valence-corrected chi connectivity index (χ4v) is 12.5. The second-order valence-electron chi connectivity index (χ2n) is 18.0. The number of rotatable bonds is 7. The largest absolute Gasteiger partial charge is 0.481 e. The number of aliphatic hydroxyl groups is 5. The molecule has 2 saturated heterocycles. The summed E-state index contributed by atoms with van der Waals surface area (Å²) >= 11 is 0. The summed E-state index contributed by atoms with van der Waals surface area (Å²) in [5.41, 5.74) is -2.15. The van der Waals surface area contributed by atoms with Crippen molar-refractivity contribution in [1.29, 1.82) is 0 Å². The summed E-state index contributed by atoms with van der Waals surface area (Å²) in [6, 6.07) is 0. The van der Waals surface area contributed by atoms with Crippen molar-refractivity contribution in [3.63, 3.8) is 0 Å². The summed E-state index contributed by atoms with van der Waals surface area (Å²) in [4.78, 5) is 26.1. The zero-order valence-corrected chi connectivity index (χ0v) is 30.9. The molecule has 0 radical (unpaired) electrons. The van der Waals surface area contributed by atoms with Gasteiger partial charge in [0.15, 0.2) is 12.6 Å². The van der Waals surface area contributed by atoms with Crippen LogP contribution in [0.3, 0.4) is 0 Å². The number of aliphatic carboxylic acids is 1. The Morgan fingerprint density at radius 1 is 0.980 bits per heavy atom. The molecule has 284 valence electrons. The average molecular weight is 709 g/mol. The Bertz CT molecular complexity index is 1370. The molecule has 17 atom stereocenters. The van der Waals surface area contributed by atoms with Crippen LogP contribution < -0.4 is 0 Å². The molecule has 0 aromatic rings. The molecule has 6 aliphatic rings. The van der Waals surface area contributed by atoms with E-state index in [2.05, 4.69) is 47.6 Å². The highest BCUT2D eigenvalue weighted by atomic mass is 16.7. The van der Waals surface area contributed by atoms with E-state index in [9.17, 15) is 40.2 Å². The van der Waals surface area contributed by atoms with E-state index in [1.54, 1.807) is 0 Å². The second-order valence-corrected chi connectivity index (χ2v) is 18.0. The fourth-order valence-electron chi connectivity index (χ4n) is 12.5. The first-order chi connectivity index (χ1) is 23.2. The van der Waals surface area contributed by atoms with E-state index >= 15 is 0 Å². The van der Waals surface area contributed by atoms with Gasteiger partial charge in [-0.15, -0.1) is 0 Å². The molecule has 50 heavy (non-hydrogen) atoms. The van der Waals surface area contributed by atoms with Crippen LogP contribution in [0.4, 0.5) is 0 Å². The highest BCUT2D eigenvalue weighted by Gasteiger charge is 2.74. The van der Waals surface area contributed by atoms with Crippen LogP contribution in [0.5, 0.6) is 0 Å². The molecule has 6 rings (SSSR count). The molecule has 6 N–H and O–H groups in total. The third-order valence-electron chi connectivity index (χ3n) is 15.6. The van der Waals surface area contributed by atoms with Gasteiger partial charge in [0.1, 0.15) is 36.6 Å². The smallest absolute Gasteiger partial charge is 0.307 e. The predicted octanol–water partition coefficient (Wildman–Crippen LogP) is 3.01. The lowest BCUT2D eigenvalue weighted by Crippen LogP contribution is -2.73. The SMILES string of the molecule is CC(=O)O[C@@H]1CC23C4=CC[C@@]5(C)[C@H](C(=O)O)[C@@](C)([C@H](C)C(C)C)CC[C@]5(C)[C@H]4CC[C@H]2C(C)(COC3O)[C@H]1O[C@@H]1O[C@H](CO)[C@@H](O)[C@H](O)[C@H]1O. The molecule has 12 heteroatoms. The Morgan fingerprint density at radius 3 is 2.26 bits per heavy atom. The third-order valence-corrected chi connectivity index (χ3v) is 15.6. The summed E-state index contributed by atoms with van der Waals surface area (Å²) < 4.78 is 24.5. The highest BCUT2D eigenvalue weighted by Crippen LogP contribution is 2.75. The second kappa shape index (κ2) is 12.7. The average Bonchev–Trinajstić information content (AvgIpc) is 3.04. The van der Waals surface area contributed by atoms with Crippen molar-refractivity contribution in [1.82, 2.24) is 0 Å². The Labute approximate surface area is 295 Å². The molecular weight excluding hydrogens is 648 g/mol. The topological polar surface area (TPSA) is 192 Å². The number of ether oxygens (including phenoxy) is 4. The predicted molar refractivity (Wildman–Crippen MR) is 179 cm³/mol. The van der Waals surface area contributed by atoms with E-state index in [0.29, 0.717) is 18.8 Å². The summed E-state index contributed by atoms with van der Waals surface area (Å²) in [6.45, 7) is 15.8. The molecule has 2 heterocycles. The van der Waals surface area contributed by atoms with Crippen LogP contribution in [0.2, 0.25) is 0 Å². The van der Waals surface area contributed by atoms with Crippen LogP contribution in [-0.2, 0) is 28.5 Å². The molecule has 0 spiro atoms. The number of hydrogen-bond acceptors (Lipinski definition) is 11. The van der Waals surface area contributed by atoms with Crippen LogP contribution in [-0.4, -0.2) is 105 Å². The van der Waals surface area contributed by atoms with Crippen molar-refractivity contribution in [2.75, 3.05) is 13.2 Å². The van der Waals surface area contributed by atoms with Gasteiger partial charge in [0, 0.05) is 24.2 Å². The third kappa shape index (κ3) is 5.13. The van der Waals surface area contributed by atoms with E-state index in [1.165, 1.54) is 6.92 Å². The monoisotopic (exact) mass is 708 g/mol. The number of carbonyl (C=O) groups excluding carboxylic acids is 1. The van der Waals surface area contributed by atoms with Gasteiger partial charge >= 0.3 is 11.9 Å². The van der Waals surface area contributed by atoms with Gasteiger partial charge in [-0.2, -0.15) is 0 Å². The first-order valence-corrected chi connectivity index (χ1v) is 18.6. The van der Waals surface area contributed by atoms with E-state index in [-0.39, 0.29) is 30.8 Å². The summed E-state index contributed by atoms with van der Waals surface area (Å²) in [7, 11) is 0. The summed E-state index contributed by atoms with van der Waals surface area (Å²) in [6.07, 6.45) is -4.59. The van der Waals surface area contributed by atoms with Crippen molar-refractivity contribution in [2.24, 2.45) is 56.7 Å². The lowest BCUT2D eigenvalue weighted by molar-refractivity contribution is -0.369. The fraction of sp³-hybridized carbons (Fsp3) is 0.895. The maximum Gasteiger partial charge on any atom is 0.307 e. The number of hydrogen-bond donors (Lipinski definition) is 6. The van der Waals surface area contributed by atoms with Crippen LogP contribution in [0.1, 0.15) is 93.9 Å². The molecule has 0 aromatic carbocycles. The van der Waals surface area contributed by atoms with Crippen molar-refractivity contribution in [3.05, 3.63) is 11.6 Å². The van der Waals surface area contributed by atoms with Gasteiger partial charge in [0.05, 0.1) is 19.1 Å². The summed E-state index contributed by atoms with van der Waals surface area (Å²) in [5.74, 6) is -1.61. The Morgan fingerprint density at radius 2 is 1.66 bits per heavy atom. The number of carbonyl (C=O) groups is 2. The first kappa shape index (κ1) is 38.1.